The number of nitrogens with two attached hydrogens (primary N) is 1. The first kappa shape index (κ1) is 12.4. The Bertz CT molecular complexity index is 780. The van der Waals surface area contributed by atoms with Gasteiger partial charge in [-0.3, -0.25) is 4.57 Å². The average molecular weight is 367 g/mol. The maximum Gasteiger partial charge on any atom is 0.124 e. The zero-order valence-corrected chi connectivity index (χ0v) is 12.3. The van der Waals surface area contributed by atoms with Crippen LogP contribution < -0.4 is 5.73 Å². The predicted molar refractivity (Wildman–Crippen MR) is 82.9 cm³/mol. The lowest BCUT2D eigenvalue weighted by Crippen LogP contribution is -2.00. The van der Waals surface area contributed by atoms with Crippen molar-refractivity contribution in [2.45, 2.75) is 6.92 Å². The molecule has 3 rings (SSSR count). The number of halogens is 2. The summed E-state index contributed by atoms with van der Waals surface area (Å²) in [5, 5.41) is 0. The van der Waals surface area contributed by atoms with Gasteiger partial charge in [-0.05, 0) is 65.9 Å². The highest BCUT2D eigenvalue weighted by Gasteiger charge is 2.12. The second-order valence-corrected chi connectivity index (χ2v) is 5.50. The topological polar surface area (TPSA) is 43.8 Å². The molecule has 0 saturated carbocycles. The van der Waals surface area contributed by atoms with Crippen molar-refractivity contribution in [1.82, 2.24) is 9.55 Å². The van der Waals surface area contributed by atoms with E-state index in [9.17, 15) is 4.39 Å². The monoisotopic (exact) mass is 367 g/mol. The van der Waals surface area contributed by atoms with Crippen LogP contribution in [0, 0.1) is 16.3 Å². The van der Waals surface area contributed by atoms with Crippen molar-refractivity contribution in [3.05, 3.63) is 51.6 Å². The molecule has 2 N–H and O–H groups in total. The lowest BCUT2D eigenvalue weighted by atomic mass is 10.2. The molecule has 0 amide bonds. The normalized spacial score (nSPS) is 11.1. The van der Waals surface area contributed by atoms with Crippen molar-refractivity contribution >= 4 is 39.3 Å². The minimum absolute atomic E-state index is 0.237. The summed E-state index contributed by atoms with van der Waals surface area (Å²) in [4.78, 5) is 4.50. The first-order chi connectivity index (χ1) is 9.06. The summed E-state index contributed by atoms with van der Waals surface area (Å²) >= 11 is 2.13. The summed E-state index contributed by atoms with van der Waals surface area (Å²) in [7, 11) is 0. The van der Waals surface area contributed by atoms with Crippen LogP contribution in [0.15, 0.2) is 36.4 Å². The van der Waals surface area contributed by atoms with Crippen LogP contribution in [0.1, 0.15) is 5.82 Å². The summed E-state index contributed by atoms with van der Waals surface area (Å²) in [6.07, 6.45) is 0. The number of hydrogen-bond donors (Lipinski definition) is 1. The number of hydrogen-bond acceptors (Lipinski definition) is 2. The Labute approximate surface area is 123 Å². The molecular weight excluding hydrogens is 356 g/mol. The lowest BCUT2D eigenvalue weighted by molar-refractivity contribution is 0.626. The van der Waals surface area contributed by atoms with Crippen LogP contribution in [0.5, 0.6) is 0 Å². The second kappa shape index (κ2) is 4.48. The van der Waals surface area contributed by atoms with Crippen molar-refractivity contribution in [2.24, 2.45) is 0 Å². The number of nitrogen functional groups attached to an aromatic ring is 1. The van der Waals surface area contributed by atoms with Gasteiger partial charge in [0.1, 0.15) is 11.6 Å². The Hall–Kier alpha value is -1.63. The van der Waals surface area contributed by atoms with E-state index in [1.165, 1.54) is 12.1 Å². The molecule has 0 unspecified atom stereocenters. The van der Waals surface area contributed by atoms with Gasteiger partial charge in [-0.1, -0.05) is 0 Å². The SMILES string of the molecule is Cc1nc2cc(N)ccc2n1-c1ccc(F)cc1I. The van der Waals surface area contributed by atoms with E-state index in [0.717, 1.165) is 26.1 Å². The number of rotatable bonds is 1. The first-order valence-electron chi connectivity index (χ1n) is 5.76. The highest BCUT2D eigenvalue weighted by Crippen LogP contribution is 2.26. The van der Waals surface area contributed by atoms with E-state index in [0.29, 0.717) is 5.69 Å². The van der Waals surface area contributed by atoms with Gasteiger partial charge in [0.25, 0.3) is 0 Å². The standard InChI is InChI=1S/C14H11FIN3/c1-8-18-12-7-10(17)3-5-14(12)19(8)13-4-2-9(15)6-11(13)16/h2-7H,17H2,1H3. The fourth-order valence-electron chi connectivity index (χ4n) is 2.18. The zero-order valence-electron chi connectivity index (χ0n) is 10.2. The van der Waals surface area contributed by atoms with Gasteiger partial charge in [0.2, 0.25) is 0 Å². The van der Waals surface area contributed by atoms with E-state index < -0.39 is 0 Å². The molecule has 0 aliphatic rings. The molecule has 19 heavy (non-hydrogen) atoms. The molecule has 5 heteroatoms. The molecule has 0 saturated heterocycles. The quantitative estimate of drug-likeness (QED) is 0.527. The number of benzene rings is 2. The molecule has 1 aromatic heterocycles. The fraction of sp³-hybridized carbons (Fsp3) is 0.0714. The molecule has 0 spiro atoms. The maximum absolute atomic E-state index is 13.2. The van der Waals surface area contributed by atoms with E-state index in [4.69, 9.17) is 5.73 Å². The van der Waals surface area contributed by atoms with Gasteiger partial charge in [-0.25, -0.2) is 9.37 Å². The largest absolute Gasteiger partial charge is 0.399 e. The Kier molecular flexibility index (Phi) is 2.93. The van der Waals surface area contributed by atoms with E-state index in [1.54, 1.807) is 6.07 Å². The molecule has 3 aromatic rings. The van der Waals surface area contributed by atoms with Gasteiger partial charge in [0.15, 0.2) is 0 Å². The summed E-state index contributed by atoms with van der Waals surface area (Å²) in [6, 6.07) is 10.4. The number of fused-ring (bicyclic) bond motifs is 1. The highest BCUT2D eigenvalue weighted by molar-refractivity contribution is 14.1. The van der Waals surface area contributed by atoms with Crippen LogP contribution in [0.2, 0.25) is 0 Å². The summed E-state index contributed by atoms with van der Waals surface area (Å²) in [6.45, 7) is 1.93. The van der Waals surface area contributed by atoms with Gasteiger partial charge in [-0.15, -0.1) is 0 Å². The summed E-state index contributed by atoms with van der Waals surface area (Å²) in [5.41, 5.74) is 9.19. The Morgan fingerprint density at radius 3 is 2.74 bits per heavy atom. The van der Waals surface area contributed by atoms with Gasteiger partial charge in [0, 0.05) is 9.26 Å². The number of imidazole rings is 1. The predicted octanol–water partition coefficient (Wildman–Crippen LogP) is 3.66. The van der Waals surface area contributed by atoms with Crippen molar-refractivity contribution in [2.75, 3.05) is 5.73 Å². The smallest absolute Gasteiger partial charge is 0.124 e. The van der Waals surface area contributed by atoms with Crippen molar-refractivity contribution in [3.8, 4) is 5.69 Å². The van der Waals surface area contributed by atoms with Crippen LogP contribution >= 0.6 is 22.6 Å². The minimum atomic E-state index is -0.237. The molecule has 96 valence electrons. The van der Waals surface area contributed by atoms with Crippen LogP contribution in [0.3, 0.4) is 0 Å². The molecule has 0 radical (unpaired) electrons. The van der Waals surface area contributed by atoms with Crippen LogP contribution in [0.25, 0.3) is 16.7 Å². The van der Waals surface area contributed by atoms with E-state index >= 15 is 0 Å². The van der Waals surface area contributed by atoms with Gasteiger partial charge in [0.05, 0.1) is 16.7 Å². The Morgan fingerprint density at radius 1 is 1.21 bits per heavy atom. The van der Waals surface area contributed by atoms with E-state index in [-0.39, 0.29) is 5.82 Å². The average Bonchev–Trinajstić information content (AvgIpc) is 2.65. The van der Waals surface area contributed by atoms with Gasteiger partial charge >= 0.3 is 0 Å². The number of aromatic nitrogens is 2. The lowest BCUT2D eigenvalue weighted by Gasteiger charge is -2.09. The van der Waals surface area contributed by atoms with Crippen molar-refractivity contribution in [3.63, 3.8) is 0 Å². The molecule has 2 aromatic carbocycles. The third-order valence-corrected chi connectivity index (χ3v) is 3.86. The first-order valence-corrected chi connectivity index (χ1v) is 6.84. The van der Waals surface area contributed by atoms with Gasteiger partial charge in [-0.2, -0.15) is 0 Å². The van der Waals surface area contributed by atoms with E-state index in [1.807, 2.05) is 29.7 Å². The summed E-state index contributed by atoms with van der Waals surface area (Å²) in [5.74, 6) is 0.615. The van der Waals surface area contributed by atoms with Crippen molar-refractivity contribution in [1.29, 1.82) is 0 Å². The van der Waals surface area contributed by atoms with Crippen LogP contribution in [-0.2, 0) is 0 Å². The Balaban J connectivity index is 2.33. The molecule has 3 nitrogen and oxygen atoms in total. The Morgan fingerprint density at radius 2 is 2.00 bits per heavy atom. The zero-order chi connectivity index (χ0) is 13.6. The minimum Gasteiger partial charge on any atom is -0.399 e. The third-order valence-electron chi connectivity index (χ3n) is 3.00. The molecule has 0 fully saturated rings. The third kappa shape index (κ3) is 2.07. The van der Waals surface area contributed by atoms with Gasteiger partial charge < -0.3 is 5.73 Å². The van der Waals surface area contributed by atoms with Crippen LogP contribution in [-0.4, -0.2) is 9.55 Å². The fourth-order valence-corrected chi connectivity index (χ4v) is 2.90. The number of nitrogens with zero attached hydrogens (tertiary/aromatic N) is 2. The molecule has 0 aliphatic carbocycles. The highest BCUT2D eigenvalue weighted by atomic mass is 127. The van der Waals surface area contributed by atoms with E-state index in [2.05, 4.69) is 27.6 Å². The molecular formula is C14H11FIN3. The number of anilines is 1. The van der Waals surface area contributed by atoms with Crippen molar-refractivity contribution < 1.29 is 4.39 Å². The molecule has 1 heterocycles. The summed E-state index contributed by atoms with van der Waals surface area (Å²) < 4.78 is 16.1. The van der Waals surface area contributed by atoms with Crippen LogP contribution in [0.4, 0.5) is 10.1 Å². The number of aryl methyl sites for hydroxylation is 1. The second-order valence-electron chi connectivity index (χ2n) is 4.34. The molecule has 0 aliphatic heterocycles. The molecule has 0 bridgehead atoms. The maximum atomic E-state index is 13.2. The molecule has 0 atom stereocenters.